The van der Waals surface area contributed by atoms with Crippen LogP contribution in [0.2, 0.25) is 0 Å². The summed E-state index contributed by atoms with van der Waals surface area (Å²) in [4.78, 5) is 15.6. The predicted octanol–water partition coefficient (Wildman–Crippen LogP) is 3.71. The van der Waals surface area contributed by atoms with Crippen LogP contribution in [0.5, 0.6) is 5.75 Å². The number of carbonyl (C=O) groups is 1. The summed E-state index contributed by atoms with van der Waals surface area (Å²) in [5.74, 6) is -0.556. The number of unbranched alkanes of at least 4 members (excludes halogenated alkanes) is 1. The minimum Gasteiger partial charge on any atom is -0.497 e. The summed E-state index contributed by atoms with van der Waals surface area (Å²) in [6.45, 7) is 2.03. The number of carboxylic acid groups (broad SMARTS) is 1. The largest absolute Gasteiger partial charge is 0.497 e. The van der Waals surface area contributed by atoms with Crippen molar-refractivity contribution < 1.29 is 19.1 Å². The van der Waals surface area contributed by atoms with E-state index in [1.165, 1.54) is 6.26 Å². The van der Waals surface area contributed by atoms with E-state index in [2.05, 4.69) is 4.98 Å². The van der Waals surface area contributed by atoms with Gasteiger partial charge in [0.05, 0.1) is 7.11 Å². The number of carboxylic acids is 1. The standard InChI is InChI=1S/C16H19NO4/c1-3-4-5-13(16(18)19)15-17-14(10-21-15)11-6-8-12(20-2)9-7-11/h6-10,13H,3-5H2,1-2H3,(H,18,19). The van der Waals surface area contributed by atoms with E-state index < -0.39 is 11.9 Å². The fourth-order valence-electron chi connectivity index (χ4n) is 2.10. The number of nitrogens with zero attached hydrogens (tertiary/aromatic N) is 1. The van der Waals surface area contributed by atoms with E-state index in [0.29, 0.717) is 12.1 Å². The van der Waals surface area contributed by atoms with Gasteiger partial charge in [0, 0.05) is 5.56 Å². The van der Waals surface area contributed by atoms with E-state index in [0.717, 1.165) is 24.2 Å². The molecule has 1 heterocycles. The van der Waals surface area contributed by atoms with Crippen LogP contribution in [-0.4, -0.2) is 23.2 Å². The molecule has 5 heteroatoms. The lowest BCUT2D eigenvalue weighted by Gasteiger charge is -2.06. The molecule has 1 N–H and O–H groups in total. The molecule has 5 nitrogen and oxygen atoms in total. The Morgan fingerprint density at radius 1 is 1.38 bits per heavy atom. The Morgan fingerprint density at radius 2 is 2.10 bits per heavy atom. The van der Waals surface area contributed by atoms with Crippen LogP contribution in [0, 0.1) is 0 Å². The van der Waals surface area contributed by atoms with E-state index >= 15 is 0 Å². The van der Waals surface area contributed by atoms with Crippen molar-refractivity contribution in [2.24, 2.45) is 0 Å². The van der Waals surface area contributed by atoms with Gasteiger partial charge in [-0.05, 0) is 30.7 Å². The second kappa shape index (κ2) is 6.92. The number of hydrogen-bond donors (Lipinski definition) is 1. The van der Waals surface area contributed by atoms with Crippen molar-refractivity contribution in [2.75, 3.05) is 7.11 Å². The minimum absolute atomic E-state index is 0.266. The van der Waals surface area contributed by atoms with E-state index in [1.54, 1.807) is 7.11 Å². The Bertz CT molecular complexity index is 589. The van der Waals surface area contributed by atoms with E-state index in [4.69, 9.17) is 9.15 Å². The summed E-state index contributed by atoms with van der Waals surface area (Å²) in [6.07, 6.45) is 3.81. The number of aromatic nitrogens is 1. The van der Waals surface area contributed by atoms with Gasteiger partial charge in [-0.15, -0.1) is 0 Å². The Kier molecular flexibility index (Phi) is 4.98. The lowest BCUT2D eigenvalue weighted by molar-refractivity contribution is -0.139. The van der Waals surface area contributed by atoms with Crippen LogP contribution in [0.1, 0.15) is 38.0 Å². The molecule has 0 bridgehead atoms. The summed E-state index contributed by atoms with van der Waals surface area (Å²) in [5, 5.41) is 9.28. The summed E-state index contributed by atoms with van der Waals surface area (Å²) >= 11 is 0. The van der Waals surface area contributed by atoms with Crippen LogP contribution in [0.25, 0.3) is 11.3 Å². The summed E-state index contributed by atoms with van der Waals surface area (Å²) in [6, 6.07) is 7.38. The molecule has 21 heavy (non-hydrogen) atoms. The number of oxazole rings is 1. The molecule has 0 aliphatic rings. The topological polar surface area (TPSA) is 72.6 Å². The highest BCUT2D eigenvalue weighted by Gasteiger charge is 2.24. The molecule has 0 spiro atoms. The lowest BCUT2D eigenvalue weighted by atomic mass is 10.0. The third-order valence-electron chi connectivity index (χ3n) is 3.35. The fourth-order valence-corrected chi connectivity index (χ4v) is 2.10. The number of hydrogen-bond acceptors (Lipinski definition) is 4. The van der Waals surface area contributed by atoms with Crippen molar-refractivity contribution in [1.82, 2.24) is 4.98 Å². The third-order valence-corrected chi connectivity index (χ3v) is 3.35. The highest BCUT2D eigenvalue weighted by Crippen LogP contribution is 2.27. The average molecular weight is 289 g/mol. The third kappa shape index (κ3) is 3.62. The van der Waals surface area contributed by atoms with Gasteiger partial charge in [0.2, 0.25) is 5.89 Å². The van der Waals surface area contributed by atoms with E-state index in [1.807, 2.05) is 31.2 Å². The van der Waals surface area contributed by atoms with Gasteiger partial charge >= 0.3 is 5.97 Å². The first-order valence-electron chi connectivity index (χ1n) is 6.98. The molecule has 1 aromatic heterocycles. The second-order valence-corrected chi connectivity index (χ2v) is 4.83. The maximum atomic E-state index is 11.3. The van der Waals surface area contributed by atoms with Crippen molar-refractivity contribution in [3.63, 3.8) is 0 Å². The zero-order chi connectivity index (χ0) is 15.2. The van der Waals surface area contributed by atoms with Gasteiger partial charge in [-0.1, -0.05) is 19.8 Å². The zero-order valence-corrected chi connectivity index (χ0v) is 12.2. The number of rotatable bonds is 7. The Hall–Kier alpha value is -2.30. The van der Waals surface area contributed by atoms with Crippen molar-refractivity contribution >= 4 is 5.97 Å². The van der Waals surface area contributed by atoms with Crippen molar-refractivity contribution in [3.8, 4) is 17.0 Å². The fraction of sp³-hybridized carbons (Fsp3) is 0.375. The Balaban J connectivity index is 2.20. The second-order valence-electron chi connectivity index (χ2n) is 4.83. The molecule has 2 rings (SSSR count). The van der Waals surface area contributed by atoms with Gasteiger partial charge in [0.1, 0.15) is 23.6 Å². The van der Waals surface area contributed by atoms with Crippen molar-refractivity contribution in [1.29, 1.82) is 0 Å². The molecule has 1 unspecified atom stereocenters. The molecular weight excluding hydrogens is 270 g/mol. The van der Waals surface area contributed by atoms with Crippen LogP contribution in [0.4, 0.5) is 0 Å². The zero-order valence-electron chi connectivity index (χ0n) is 12.2. The highest BCUT2D eigenvalue weighted by molar-refractivity contribution is 5.75. The van der Waals surface area contributed by atoms with Gasteiger partial charge in [-0.25, -0.2) is 4.98 Å². The average Bonchev–Trinajstić information content (AvgIpc) is 2.97. The summed E-state index contributed by atoms with van der Waals surface area (Å²) in [5.41, 5.74) is 1.50. The van der Waals surface area contributed by atoms with Gasteiger partial charge in [-0.3, -0.25) is 4.79 Å². The highest BCUT2D eigenvalue weighted by atomic mass is 16.5. The molecule has 0 radical (unpaired) electrons. The van der Waals surface area contributed by atoms with Crippen LogP contribution in [0.3, 0.4) is 0 Å². The lowest BCUT2D eigenvalue weighted by Crippen LogP contribution is -2.12. The van der Waals surface area contributed by atoms with Crippen LogP contribution in [-0.2, 0) is 4.79 Å². The van der Waals surface area contributed by atoms with Gasteiger partial charge < -0.3 is 14.3 Å². The molecule has 0 fully saturated rings. The molecule has 0 amide bonds. The first-order chi connectivity index (χ1) is 10.2. The molecule has 0 aliphatic heterocycles. The minimum atomic E-state index is -0.897. The summed E-state index contributed by atoms with van der Waals surface area (Å²) < 4.78 is 10.5. The van der Waals surface area contributed by atoms with Crippen molar-refractivity contribution in [2.45, 2.75) is 32.1 Å². The van der Waals surface area contributed by atoms with Crippen LogP contribution >= 0.6 is 0 Å². The van der Waals surface area contributed by atoms with Gasteiger partial charge in [-0.2, -0.15) is 0 Å². The molecule has 0 aliphatic carbocycles. The molecule has 112 valence electrons. The van der Waals surface area contributed by atoms with E-state index in [9.17, 15) is 9.90 Å². The quantitative estimate of drug-likeness (QED) is 0.841. The van der Waals surface area contributed by atoms with E-state index in [-0.39, 0.29) is 5.89 Å². The molecule has 1 atom stereocenters. The van der Waals surface area contributed by atoms with Crippen LogP contribution in [0.15, 0.2) is 34.9 Å². The molecule has 1 aromatic carbocycles. The smallest absolute Gasteiger partial charge is 0.315 e. The number of benzene rings is 1. The normalized spacial score (nSPS) is 12.1. The van der Waals surface area contributed by atoms with Crippen molar-refractivity contribution in [3.05, 3.63) is 36.4 Å². The molecule has 0 saturated carbocycles. The summed E-state index contributed by atoms with van der Waals surface area (Å²) in [7, 11) is 1.61. The maximum absolute atomic E-state index is 11.3. The monoisotopic (exact) mass is 289 g/mol. The number of methoxy groups -OCH3 is 1. The first-order valence-corrected chi connectivity index (χ1v) is 6.98. The SMILES string of the molecule is CCCCC(C(=O)O)c1nc(-c2ccc(OC)cc2)co1. The Labute approximate surface area is 123 Å². The molecule has 2 aromatic rings. The van der Waals surface area contributed by atoms with Crippen LogP contribution < -0.4 is 4.74 Å². The predicted molar refractivity (Wildman–Crippen MR) is 78.4 cm³/mol. The first kappa shape index (κ1) is 15.1. The maximum Gasteiger partial charge on any atom is 0.315 e. The number of aliphatic carboxylic acids is 1. The van der Waals surface area contributed by atoms with Gasteiger partial charge in [0.15, 0.2) is 0 Å². The Morgan fingerprint density at radius 3 is 2.67 bits per heavy atom. The molecular formula is C16H19NO4. The number of ether oxygens (including phenoxy) is 1. The van der Waals surface area contributed by atoms with Gasteiger partial charge in [0.25, 0.3) is 0 Å². The molecule has 0 saturated heterocycles.